The van der Waals surface area contributed by atoms with Gasteiger partial charge in [-0.15, -0.1) is 11.3 Å². The van der Waals surface area contributed by atoms with Crippen molar-refractivity contribution in [3.63, 3.8) is 0 Å². The van der Waals surface area contributed by atoms with Gasteiger partial charge in [-0.1, -0.05) is 0 Å². The highest BCUT2D eigenvalue weighted by molar-refractivity contribution is 7.12. The lowest BCUT2D eigenvalue weighted by atomic mass is 10.2. The summed E-state index contributed by atoms with van der Waals surface area (Å²) in [4.78, 5) is 14.8. The molecule has 0 aliphatic carbocycles. The van der Waals surface area contributed by atoms with Crippen molar-refractivity contribution in [2.24, 2.45) is 0 Å². The van der Waals surface area contributed by atoms with Gasteiger partial charge in [-0.25, -0.2) is 9.78 Å². The van der Waals surface area contributed by atoms with Crippen molar-refractivity contribution < 1.29 is 9.90 Å². The summed E-state index contributed by atoms with van der Waals surface area (Å²) < 4.78 is 2.02. The second-order valence-corrected chi connectivity index (χ2v) is 4.52. The Morgan fingerprint density at radius 1 is 1.53 bits per heavy atom. The summed E-state index contributed by atoms with van der Waals surface area (Å²) in [5.41, 5.74) is 2.94. The number of aliphatic carboxylic acids is 1. The molecule has 2 heterocycles. The van der Waals surface area contributed by atoms with Gasteiger partial charge in [0, 0.05) is 29.0 Å². The normalized spacial score (nSPS) is 11.2. The van der Waals surface area contributed by atoms with E-state index in [2.05, 4.69) is 4.98 Å². The lowest BCUT2D eigenvalue weighted by molar-refractivity contribution is -0.131. The Balaban J connectivity index is 2.46. The number of nitrogens with zero attached hydrogens (tertiary/aromatic N) is 2. The van der Waals surface area contributed by atoms with Gasteiger partial charge in [-0.3, -0.25) is 4.57 Å². The molecule has 0 amide bonds. The van der Waals surface area contributed by atoms with Crippen LogP contribution in [-0.4, -0.2) is 20.6 Å². The van der Waals surface area contributed by atoms with Crippen molar-refractivity contribution in [1.29, 1.82) is 0 Å². The van der Waals surface area contributed by atoms with E-state index >= 15 is 0 Å². The van der Waals surface area contributed by atoms with Crippen LogP contribution in [0.4, 0.5) is 0 Å². The van der Waals surface area contributed by atoms with Crippen LogP contribution < -0.4 is 0 Å². The van der Waals surface area contributed by atoms with Crippen LogP contribution in [0.5, 0.6) is 0 Å². The molecule has 0 atom stereocenters. The number of carbonyl (C=O) groups is 1. The Kier molecular flexibility index (Phi) is 3.10. The number of aryl methyl sites for hydroxylation is 1. The molecule has 4 nitrogen and oxygen atoms in total. The van der Waals surface area contributed by atoms with Gasteiger partial charge >= 0.3 is 5.97 Å². The Labute approximate surface area is 103 Å². The molecule has 0 saturated carbocycles. The third kappa shape index (κ3) is 2.29. The summed E-state index contributed by atoms with van der Waals surface area (Å²) in [7, 11) is 0. The number of carboxylic acid groups (broad SMARTS) is 1. The first kappa shape index (κ1) is 11.6. The van der Waals surface area contributed by atoms with Crippen LogP contribution in [0.25, 0.3) is 11.2 Å². The van der Waals surface area contributed by atoms with Crippen LogP contribution in [0.3, 0.4) is 0 Å². The molecular weight excluding hydrogens is 236 g/mol. The Hall–Kier alpha value is -1.88. The highest BCUT2D eigenvalue weighted by Crippen LogP contribution is 2.22. The summed E-state index contributed by atoms with van der Waals surface area (Å²) >= 11 is 1.55. The molecule has 0 bridgehead atoms. The molecule has 0 fully saturated rings. The molecule has 17 heavy (non-hydrogen) atoms. The minimum Gasteiger partial charge on any atom is -0.478 e. The van der Waals surface area contributed by atoms with E-state index in [-0.39, 0.29) is 0 Å². The van der Waals surface area contributed by atoms with Gasteiger partial charge in [0.15, 0.2) is 5.13 Å². The number of rotatable bonds is 3. The Morgan fingerprint density at radius 3 is 2.88 bits per heavy atom. The lowest BCUT2D eigenvalue weighted by Gasteiger charge is -2.04. The molecule has 0 unspecified atom stereocenters. The van der Waals surface area contributed by atoms with E-state index in [9.17, 15) is 4.79 Å². The van der Waals surface area contributed by atoms with Crippen molar-refractivity contribution in [3.05, 3.63) is 40.7 Å². The molecule has 0 saturated heterocycles. The quantitative estimate of drug-likeness (QED) is 0.849. The van der Waals surface area contributed by atoms with Crippen LogP contribution in [0.1, 0.15) is 17.0 Å². The Bertz CT molecular complexity index is 568. The van der Waals surface area contributed by atoms with E-state index in [1.807, 2.05) is 29.9 Å². The molecule has 0 aliphatic rings. The topological polar surface area (TPSA) is 55.1 Å². The number of hydrogen-bond donors (Lipinski definition) is 1. The first-order valence-corrected chi connectivity index (χ1v) is 5.97. The monoisotopic (exact) mass is 248 g/mol. The maximum atomic E-state index is 10.5. The smallest absolute Gasteiger partial charge is 0.328 e. The van der Waals surface area contributed by atoms with Crippen LogP contribution in [-0.2, 0) is 4.79 Å². The van der Waals surface area contributed by atoms with Gasteiger partial charge in [-0.05, 0) is 31.6 Å². The molecule has 2 rings (SSSR count). The molecular formula is C12H12N2O2S. The number of hydrogen-bond acceptors (Lipinski definition) is 3. The zero-order valence-electron chi connectivity index (χ0n) is 9.54. The minimum absolute atomic E-state index is 0.898. The predicted octanol–water partition coefficient (Wildman–Crippen LogP) is 2.65. The SMILES string of the molecule is Cc1cc(/C=C/C(=O)O)c(C)n1-c1nccs1. The number of carboxylic acids is 1. The van der Waals surface area contributed by atoms with E-state index in [1.54, 1.807) is 23.6 Å². The van der Waals surface area contributed by atoms with Gasteiger partial charge < -0.3 is 5.11 Å². The molecule has 2 aromatic rings. The predicted molar refractivity (Wildman–Crippen MR) is 67.6 cm³/mol. The summed E-state index contributed by atoms with van der Waals surface area (Å²) in [5, 5.41) is 11.4. The fourth-order valence-corrected chi connectivity index (χ4v) is 2.49. The summed E-state index contributed by atoms with van der Waals surface area (Å²) in [5.74, 6) is -0.941. The second-order valence-electron chi connectivity index (χ2n) is 3.65. The van der Waals surface area contributed by atoms with Gasteiger partial charge in [0.05, 0.1) is 0 Å². The van der Waals surface area contributed by atoms with Crippen LogP contribution in [0.2, 0.25) is 0 Å². The van der Waals surface area contributed by atoms with Crippen LogP contribution >= 0.6 is 11.3 Å². The first-order valence-electron chi connectivity index (χ1n) is 5.09. The van der Waals surface area contributed by atoms with Crippen molar-refractivity contribution in [1.82, 2.24) is 9.55 Å². The largest absolute Gasteiger partial charge is 0.478 e. The molecule has 1 N–H and O–H groups in total. The number of thiazole rings is 1. The fraction of sp³-hybridized carbons (Fsp3) is 0.167. The van der Waals surface area contributed by atoms with Gasteiger partial charge in [-0.2, -0.15) is 0 Å². The molecule has 88 valence electrons. The average molecular weight is 248 g/mol. The third-order valence-electron chi connectivity index (χ3n) is 2.49. The highest BCUT2D eigenvalue weighted by Gasteiger charge is 2.10. The van der Waals surface area contributed by atoms with Crippen molar-refractivity contribution in [2.75, 3.05) is 0 Å². The fourth-order valence-electron chi connectivity index (χ4n) is 1.74. The third-order valence-corrected chi connectivity index (χ3v) is 3.24. The summed E-state index contributed by atoms with van der Waals surface area (Å²) in [6.07, 6.45) is 4.51. The van der Waals surface area contributed by atoms with Crippen molar-refractivity contribution >= 4 is 23.4 Å². The highest BCUT2D eigenvalue weighted by atomic mass is 32.1. The average Bonchev–Trinajstić information content (AvgIpc) is 2.84. The zero-order valence-corrected chi connectivity index (χ0v) is 10.4. The summed E-state index contributed by atoms with van der Waals surface area (Å²) in [6, 6.07) is 1.95. The maximum absolute atomic E-state index is 10.5. The maximum Gasteiger partial charge on any atom is 0.328 e. The van der Waals surface area contributed by atoms with E-state index in [0.29, 0.717) is 0 Å². The van der Waals surface area contributed by atoms with E-state index in [1.165, 1.54) is 0 Å². The molecule has 0 spiro atoms. The van der Waals surface area contributed by atoms with Crippen LogP contribution in [0, 0.1) is 13.8 Å². The molecule has 0 radical (unpaired) electrons. The first-order chi connectivity index (χ1) is 8.09. The van der Waals surface area contributed by atoms with E-state index in [4.69, 9.17) is 5.11 Å². The molecule has 0 aromatic carbocycles. The zero-order chi connectivity index (χ0) is 12.4. The van der Waals surface area contributed by atoms with E-state index < -0.39 is 5.97 Å². The second kappa shape index (κ2) is 4.55. The lowest BCUT2D eigenvalue weighted by Crippen LogP contribution is -1.97. The van der Waals surface area contributed by atoms with Gasteiger partial charge in [0.1, 0.15) is 0 Å². The van der Waals surface area contributed by atoms with E-state index in [0.717, 1.165) is 28.2 Å². The molecule has 0 aliphatic heterocycles. The number of aromatic nitrogens is 2. The standard InChI is InChI=1S/C12H12N2O2S/c1-8-7-10(3-4-11(15)16)9(2)14(8)12-13-5-6-17-12/h3-7H,1-2H3,(H,15,16)/b4-3+. The summed E-state index contributed by atoms with van der Waals surface area (Å²) in [6.45, 7) is 3.93. The molecule has 2 aromatic heterocycles. The minimum atomic E-state index is -0.941. The van der Waals surface area contributed by atoms with Gasteiger partial charge in [0.2, 0.25) is 0 Å². The van der Waals surface area contributed by atoms with Gasteiger partial charge in [0.25, 0.3) is 0 Å². The molecule has 5 heteroatoms. The van der Waals surface area contributed by atoms with Crippen molar-refractivity contribution in [3.8, 4) is 5.13 Å². The Morgan fingerprint density at radius 2 is 2.29 bits per heavy atom. The van der Waals surface area contributed by atoms with Crippen LogP contribution in [0.15, 0.2) is 23.7 Å². The van der Waals surface area contributed by atoms with Crippen molar-refractivity contribution in [2.45, 2.75) is 13.8 Å².